The van der Waals surface area contributed by atoms with Crippen LogP contribution in [0.2, 0.25) is 0 Å². The van der Waals surface area contributed by atoms with E-state index < -0.39 is 0 Å². The fourth-order valence-electron chi connectivity index (χ4n) is 2.40. The average molecular weight is 233 g/mol. The third kappa shape index (κ3) is 1.69. The molecular formula is C11H15N5O. The summed E-state index contributed by atoms with van der Waals surface area (Å²) >= 11 is 0. The Labute approximate surface area is 98.1 Å². The summed E-state index contributed by atoms with van der Waals surface area (Å²) in [5, 5.41) is 9.74. The lowest BCUT2D eigenvalue weighted by molar-refractivity contribution is 0.308. The van der Waals surface area contributed by atoms with Gasteiger partial charge in [-0.05, 0) is 25.7 Å². The minimum Gasteiger partial charge on any atom is -0.367 e. The van der Waals surface area contributed by atoms with E-state index in [4.69, 9.17) is 0 Å². The third-order valence-electron chi connectivity index (χ3n) is 3.30. The number of anilines is 1. The number of nitrogens with one attached hydrogen (secondary N) is 2. The van der Waals surface area contributed by atoms with E-state index in [1.165, 1.54) is 17.2 Å². The second kappa shape index (κ2) is 3.58. The van der Waals surface area contributed by atoms with Gasteiger partial charge in [0.2, 0.25) is 0 Å². The smallest absolute Gasteiger partial charge is 0.349 e. The molecule has 6 heteroatoms. The maximum absolute atomic E-state index is 11.4. The van der Waals surface area contributed by atoms with Crippen molar-refractivity contribution in [2.24, 2.45) is 5.92 Å². The highest BCUT2D eigenvalue weighted by Gasteiger charge is 2.25. The summed E-state index contributed by atoms with van der Waals surface area (Å²) in [5.74, 6) is 2.24. The normalized spacial score (nSPS) is 23.6. The van der Waals surface area contributed by atoms with E-state index >= 15 is 0 Å². The lowest BCUT2D eigenvalue weighted by Crippen LogP contribution is -2.34. The maximum Gasteiger partial charge on any atom is 0.349 e. The van der Waals surface area contributed by atoms with E-state index in [-0.39, 0.29) is 5.69 Å². The molecule has 17 heavy (non-hydrogen) atoms. The van der Waals surface area contributed by atoms with Gasteiger partial charge < -0.3 is 5.32 Å². The topological polar surface area (TPSA) is 75.1 Å². The lowest BCUT2D eigenvalue weighted by Gasteiger charge is -2.33. The van der Waals surface area contributed by atoms with Crippen molar-refractivity contribution in [1.82, 2.24) is 19.6 Å². The van der Waals surface area contributed by atoms with Crippen LogP contribution in [0.1, 0.15) is 25.6 Å². The Kier molecular flexibility index (Phi) is 2.17. The molecule has 0 amide bonds. The Morgan fingerprint density at radius 1 is 1.53 bits per heavy atom. The monoisotopic (exact) mass is 233 g/mol. The van der Waals surface area contributed by atoms with Crippen LogP contribution in [0.4, 0.5) is 5.82 Å². The Hall–Kier alpha value is -1.85. The molecule has 0 aromatic carbocycles. The molecule has 0 saturated heterocycles. The van der Waals surface area contributed by atoms with E-state index in [9.17, 15) is 4.79 Å². The number of aromatic nitrogens is 4. The molecule has 90 valence electrons. The largest absolute Gasteiger partial charge is 0.367 e. The third-order valence-corrected chi connectivity index (χ3v) is 3.30. The van der Waals surface area contributed by atoms with Crippen molar-refractivity contribution in [3.63, 3.8) is 0 Å². The minimum absolute atomic E-state index is 0.242. The molecule has 2 aromatic rings. The van der Waals surface area contributed by atoms with Gasteiger partial charge in [-0.15, -0.1) is 0 Å². The standard InChI is InChI=1S/C11H15N5O/c1-6-3-8(4-6)13-9-5-10-14-15-11(17)16(10)7(2)12-9/h5-6,8,13H,3-4H2,1-2H3,(H,15,17). The van der Waals surface area contributed by atoms with Gasteiger partial charge in [0.25, 0.3) is 0 Å². The zero-order valence-corrected chi connectivity index (χ0v) is 9.90. The van der Waals surface area contributed by atoms with Crippen LogP contribution < -0.4 is 11.0 Å². The van der Waals surface area contributed by atoms with Crippen LogP contribution in [0.25, 0.3) is 5.65 Å². The molecule has 1 saturated carbocycles. The molecule has 2 heterocycles. The SMILES string of the molecule is Cc1nc(NC2CC(C)C2)cc2n[nH]c(=O)n12. The summed E-state index contributed by atoms with van der Waals surface area (Å²) in [6, 6.07) is 2.30. The van der Waals surface area contributed by atoms with E-state index in [1.807, 2.05) is 0 Å². The van der Waals surface area contributed by atoms with Crippen LogP contribution in [-0.4, -0.2) is 25.6 Å². The first kappa shape index (κ1) is 10.3. The van der Waals surface area contributed by atoms with Gasteiger partial charge >= 0.3 is 5.69 Å². The minimum atomic E-state index is -0.242. The van der Waals surface area contributed by atoms with Crippen LogP contribution >= 0.6 is 0 Å². The highest BCUT2D eigenvalue weighted by atomic mass is 16.1. The van der Waals surface area contributed by atoms with Crippen LogP contribution in [0.3, 0.4) is 0 Å². The molecule has 1 aliphatic rings. The molecule has 0 spiro atoms. The molecule has 2 N–H and O–H groups in total. The highest BCUT2D eigenvalue weighted by molar-refractivity contribution is 5.50. The Bertz CT molecular complexity index is 608. The second-order valence-corrected chi connectivity index (χ2v) is 4.83. The average Bonchev–Trinajstić information content (AvgIpc) is 2.58. The molecule has 1 aliphatic carbocycles. The fraction of sp³-hybridized carbons (Fsp3) is 0.545. The van der Waals surface area contributed by atoms with Gasteiger partial charge in [0.05, 0.1) is 0 Å². The first-order valence-corrected chi connectivity index (χ1v) is 5.85. The van der Waals surface area contributed by atoms with Crippen molar-refractivity contribution in [3.05, 3.63) is 22.4 Å². The molecule has 1 fully saturated rings. The number of rotatable bonds is 2. The quantitative estimate of drug-likeness (QED) is 0.809. The van der Waals surface area contributed by atoms with E-state index in [0.29, 0.717) is 17.5 Å². The number of nitrogens with zero attached hydrogens (tertiary/aromatic N) is 3. The number of hydrogen-bond donors (Lipinski definition) is 2. The number of H-pyrrole nitrogens is 1. The van der Waals surface area contributed by atoms with E-state index in [1.54, 1.807) is 13.0 Å². The summed E-state index contributed by atoms with van der Waals surface area (Å²) < 4.78 is 1.47. The van der Waals surface area contributed by atoms with E-state index in [2.05, 4.69) is 27.4 Å². The van der Waals surface area contributed by atoms with Gasteiger partial charge in [-0.2, -0.15) is 5.10 Å². The van der Waals surface area contributed by atoms with E-state index in [0.717, 1.165) is 11.7 Å². The van der Waals surface area contributed by atoms with Crippen molar-refractivity contribution in [1.29, 1.82) is 0 Å². The molecule has 0 aliphatic heterocycles. The molecule has 0 bridgehead atoms. The predicted molar refractivity (Wildman–Crippen MR) is 64.2 cm³/mol. The Morgan fingerprint density at radius 2 is 2.29 bits per heavy atom. The lowest BCUT2D eigenvalue weighted by atomic mass is 9.82. The van der Waals surface area contributed by atoms with Gasteiger partial charge in [0.15, 0.2) is 5.65 Å². The number of hydrogen-bond acceptors (Lipinski definition) is 4. The van der Waals surface area contributed by atoms with Crippen LogP contribution in [-0.2, 0) is 0 Å². The molecule has 0 radical (unpaired) electrons. The van der Waals surface area contributed by atoms with Crippen molar-refractivity contribution in [2.45, 2.75) is 32.7 Å². The van der Waals surface area contributed by atoms with Crippen LogP contribution in [0, 0.1) is 12.8 Å². The van der Waals surface area contributed by atoms with Gasteiger partial charge in [-0.25, -0.2) is 19.3 Å². The zero-order valence-electron chi connectivity index (χ0n) is 9.90. The Morgan fingerprint density at radius 3 is 3.00 bits per heavy atom. The molecule has 3 rings (SSSR count). The van der Waals surface area contributed by atoms with Gasteiger partial charge in [-0.1, -0.05) is 6.92 Å². The second-order valence-electron chi connectivity index (χ2n) is 4.83. The zero-order chi connectivity index (χ0) is 12.0. The maximum atomic E-state index is 11.4. The summed E-state index contributed by atoms with van der Waals surface area (Å²) in [4.78, 5) is 15.8. The number of fused-ring (bicyclic) bond motifs is 1. The van der Waals surface area contributed by atoms with Crippen molar-refractivity contribution >= 4 is 11.5 Å². The van der Waals surface area contributed by atoms with Gasteiger partial charge in [0, 0.05) is 12.1 Å². The van der Waals surface area contributed by atoms with Crippen molar-refractivity contribution < 1.29 is 0 Å². The fourth-order valence-corrected chi connectivity index (χ4v) is 2.40. The molecule has 0 unspecified atom stereocenters. The first-order valence-electron chi connectivity index (χ1n) is 5.85. The van der Waals surface area contributed by atoms with Crippen LogP contribution in [0.15, 0.2) is 10.9 Å². The molecule has 6 nitrogen and oxygen atoms in total. The molecule has 2 aromatic heterocycles. The summed E-state index contributed by atoms with van der Waals surface area (Å²) in [7, 11) is 0. The summed E-state index contributed by atoms with van der Waals surface area (Å²) in [6.45, 7) is 4.05. The highest BCUT2D eigenvalue weighted by Crippen LogP contribution is 2.29. The van der Waals surface area contributed by atoms with Gasteiger partial charge in [-0.3, -0.25) is 0 Å². The first-order chi connectivity index (χ1) is 8.13. The van der Waals surface area contributed by atoms with Crippen LogP contribution in [0.5, 0.6) is 0 Å². The van der Waals surface area contributed by atoms with Crippen molar-refractivity contribution in [2.75, 3.05) is 5.32 Å². The summed E-state index contributed by atoms with van der Waals surface area (Å²) in [6.07, 6.45) is 2.36. The summed E-state index contributed by atoms with van der Waals surface area (Å²) in [5.41, 5.74) is 0.367. The van der Waals surface area contributed by atoms with Gasteiger partial charge in [0.1, 0.15) is 11.6 Å². The molecular weight excluding hydrogens is 218 g/mol. The Balaban J connectivity index is 1.93. The number of aromatic amines is 1. The van der Waals surface area contributed by atoms with Crippen molar-refractivity contribution in [3.8, 4) is 0 Å². The molecule has 0 atom stereocenters. The predicted octanol–water partition coefficient (Wildman–Crippen LogP) is 0.936. The number of aryl methyl sites for hydroxylation is 1.